The summed E-state index contributed by atoms with van der Waals surface area (Å²) in [7, 11) is 3.34. The lowest BCUT2D eigenvalue weighted by atomic mass is 9.90. The molecule has 0 aromatic heterocycles. The first-order chi connectivity index (χ1) is 19.6. The summed E-state index contributed by atoms with van der Waals surface area (Å²) in [5.74, 6) is -0.600. The van der Waals surface area contributed by atoms with Gasteiger partial charge < -0.3 is 58.0 Å². The molecular weight excluding hydrogens is 540 g/mol. The fourth-order valence-electron chi connectivity index (χ4n) is 6.77. The highest BCUT2D eigenvalue weighted by Crippen LogP contribution is 2.36. The molecule has 4 aliphatic rings. The maximum Gasteiger partial charge on any atom is 0.161 e. The molecule has 3 N–H and O–H groups in total. The van der Waals surface area contributed by atoms with Crippen LogP contribution < -0.4 is 0 Å². The molecule has 4 heterocycles. The second-order valence-corrected chi connectivity index (χ2v) is 12.1. The Morgan fingerprint density at radius 2 is 1.00 bits per heavy atom. The summed E-state index contributed by atoms with van der Waals surface area (Å²) in [6, 6.07) is 0. The number of methoxy groups -OCH3 is 2. The molecule has 0 spiro atoms. The van der Waals surface area contributed by atoms with Crippen LogP contribution in [0.25, 0.3) is 0 Å². The summed E-state index contributed by atoms with van der Waals surface area (Å²) in [5.41, 5.74) is 0. The quantitative estimate of drug-likeness (QED) is 0.337. The second kappa shape index (κ2) is 15.0. The number of rotatable bonds is 10. The van der Waals surface area contributed by atoms with Gasteiger partial charge in [0.1, 0.15) is 12.2 Å². The largest absolute Gasteiger partial charge is 0.396 e. The second-order valence-electron chi connectivity index (χ2n) is 12.1. The Morgan fingerprint density at radius 1 is 0.561 bits per heavy atom. The monoisotopic (exact) mass is 592 g/mol. The van der Waals surface area contributed by atoms with Crippen molar-refractivity contribution >= 4 is 0 Å². The van der Waals surface area contributed by atoms with Crippen molar-refractivity contribution < 1.29 is 58.0 Å². The SMILES string of the molecule is COC1CC(C)OC(C)C1OC1CC(OC)C(OC2CC(CO)C(OC3CC(CO)C(O)C(C)O3)C(C)O2)C(C)O1. The summed E-state index contributed by atoms with van der Waals surface area (Å²) in [6.07, 6.45) is -3.29. The van der Waals surface area contributed by atoms with Crippen molar-refractivity contribution in [2.75, 3.05) is 27.4 Å². The predicted octanol–water partition coefficient (Wildman–Crippen LogP) is 1.35. The van der Waals surface area contributed by atoms with Gasteiger partial charge in [-0.2, -0.15) is 0 Å². The Bertz CT molecular complexity index is 789. The smallest absolute Gasteiger partial charge is 0.161 e. The van der Waals surface area contributed by atoms with E-state index in [1.807, 2.05) is 27.7 Å². The fraction of sp³-hybridized carbons (Fsp3) is 1.00. The Kier molecular flexibility index (Phi) is 12.2. The molecule has 16 unspecified atom stereocenters. The van der Waals surface area contributed by atoms with E-state index < -0.39 is 49.4 Å². The molecule has 12 nitrogen and oxygen atoms in total. The summed E-state index contributed by atoms with van der Waals surface area (Å²) in [4.78, 5) is 0. The van der Waals surface area contributed by atoms with Crippen molar-refractivity contribution in [3.63, 3.8) is 0 Å². The fourth-order valence-corrected chi connectivity index (χ4v) is 6.77. The van der Waals surface area contributed by atoms with E-state index in [9.17, 15) is 15.3 Å². The highest BCUT2D eigenvalue weighted by Gasteiger charge is 2.47. The van der Waals surface area contributed by atoms with Crippen LogP contribution in [0.1, 0.15) is 60.3 Å². The molecule has 0 aromatic carbocycles. The highest BCUT2D eigenvalue weighted by molar-refractivity contribution is 4.90. The van der Waals surface area contributed by atoms with Crippen LogP contribution in [0, 0.1) is 11.8 Å². The normalized spacial score (nSPS) is 49.6. The molecule has 4 saturated heterocycles. The Morgan fingerprint density at radius 3 is 1.56 bits per heavy atom. The van der Waals surface area contributed by atoms with E-state index in [4.69, 9.17) is 42.6 Å². The number of hydrogen-bond donors (Lipinski definition) is 3. The number of hydrogen-bond acceptors (Lipinski definition) is 12. The molecule has 0 aliphatic carbocycles. The first kappa shape index (κ1) is 33.4. The molecule has 0 aromatic rings. The predicted molar refractivity (Wildman–Crippen MR) is 145 cm³/mol. The van der Waals surface area contributed by atoms with Crippen molar-refractivity contribution in [1.29, 1.82) is 0 Å². The minimum Gasteiger partial charge on any atom is -0.396 e. The van der Waals surface area contributed by atoms with Gasteiger partial charge in [0.05, 0.1) is 54.9 Å². The third kappa shape index (κ3) is 7.98. The third-order valence-corrected chi connectivity index (χ3v) is 9.08. The molecule has 0 saturated carbocycles. The van der Waals surface area contributed by atoms with E-state index in [-0.39, 0.29) is 61.7 Å². The van der Waals surface area contributed by atoms with Crippen LogP contribution in [-0.4, -0.2) is 129 Å². The lowest BCUT2D eigenvalue weighted by molar-refractivity contribution is -0.338. The molecule has 16 atom stereocenters. The molecule has 4 aliphatic heterocycles. The van der Waals surface area contributed by atoms with Crippen molar-refractivity contribution in [3.8, 4) is 0 Å². The average Bonchev–Trinajstić information content (AvgIpc) is 2.94. The van der Waals surface area contributed by atoms with Gasteiger partial charge >= 0.3 is 0 Å². The van der Waals surface area contributed by atoms with Gasteiger partial charge in [-0.05, 0) is 34.6 Å². The van der Waals surface area contributed by atoms with Gasteiger partial charge in [0.15, 0.2) is 18.9 Å². The van der Waals surface area contributed by atoms with E-state index in [1.165, 1.54) is 0 Å². The zero-order valence-electron chi connectivity index (χ0n) is 25.5. The minimum absolute atomic E-state index is 0.0906. The first-order valence-electron chi connectivity index (χ1n) is 15.1. The Labute approximate surface area is 243 Å². The van der Waals surface area contributed by atoms with E-state index >= 15 is 0 Å². The molecule has 240 valence electrons. The number of ether oxygens (including phenoxy) is 9. The first-order valence-corrected chi connectivity index (χ1v) is 15.1. The van der Waals surface area contributed by atoms with Crippen LogP contribution in [0.15, 0.2) is 0 Å². The van der Waals surface area contributed by atoms with Crippen molar-refractivity contribution in [1.82, 2.24) is 0 Å². The lowest BCUT2D eigenvalue weighted by Crippen LogP contribution is -2.56. The van der Waals surface area contributed by atoms with Gasteiger partial charge in [0.25, 0.3) is 0 Å². The van der Waals surface area contributed by atoms with Crippen LogP contribution in [0.2, 0.25) is 0 Å². The minimum atomic E-state index is -0.755. The van der Waals surface area contributed by atoms with E-state index in [2.05, 4.69) is 0 Å². The van der Waals surface area contributed by atoms with Gasteiger partial charge in [0.2, 0.25) is 0 Å². The number of aliphatic hydroxyl groups excluding tert-OH is 3. The Hall–Kier alpha value is -0.480. The van der Waals surface area contributed by atoms with Crippen LogP contribution >= 0.6 is 0 Å². The lowest BCUT2D eigenvalue weighted by Gasteiger charge is -2.47. The topological polar surface area (TPSA) is 144 Å². The van der Waals surface area contributed by atoms with Crippen LogP contribution in [-0.2, 0) is 42.6 Å². The average molecular weight is 593 g/mol. The third-order valence-electron chi connectivity index (χ3n) is 9.08. The zero-order chi connectivity index (χ0) is 29.8. The van der Waals surface area contributed by atoms with Gasteiger partial charge in [0, 0.05) is 65.0 Å². The van der Waals surface area contributed by atoms with E-state index in [1.54, 1.807) is 21.1 Å². The van der Waals surface area contributed by atoms with E-state index in [0.29, 0.717) is 19.3 Å². The molecule has 4 rings (SSSR count). The molecule has 0 bridgehead atoms. The van der Waals surface area contributed by atoms with Gasteiger partial charge in [-0.15, -0.1) is 0 Å². The van der Waals surface area contributed by atoms with Crippen LogP contribution in [0.4, 0.5) is 0 Å². The maximum absolute atomic E-state index is 10.2. The zero-order valence-corrected chi connectivity index (χ0v) is 25.5. The summed E-state index contributed by atoms with van der Waals surface area (Å²) in [5, 5.41) is 30.1. The van der Waals surface area contributed by atoms with Crippen LogP contribution in [0.5, 0.6) is 0 Å². The van der Waals surface area contributed by atoms with Crippen molar-refractivity contribution in [2.45, 2.75) is 146 Å². The van der Waals surface area contributed by atoms with E-state index in [0.717, 1.165) is 6.42 Å². The summed E-state index contributed by atoms with van der Waals surface area (Å²) >= 11 is 0. The van der Waals surface area contributed by atoms with Crippen molar-refractivity contribution in [3.05, 3.63) is 0 Å². The summed E-state index contributed by atoms with van der Waals surface area (Å²) < 4.78 is 54.9. The maximum atomic E-state index is 10.2. The molecule has 0 amide bonds. The van der Waals surface area contributed by atoms with Gasteiger partial charge in [-0.25, -0.2) is 0 Å². The standard InChI is InChI=1S/C29H52O12/c1-14-8-21(33-6)28(17(4)35-14)41-25-11-22(34-7)29(18(5)38-25)40-24-10-20(13-31)27(16(3)37-24)39-23-9-19(12-30)26(32)15(2)36-23/h14-32H,8-13H2,1-7H3. The molecule has 4 fully saturated rings. The number of aliphatic hydroxyl groups is 3. The Balaban J connectivity index is 1.33. The van der Waals surface area contributed by atoms with Crippen molar-refractivity contribution in [2.24, 2.45) is 11.8 Å². The van der Waals surface area contributed by atoms with Gasteiger partial charge in [-0.3, -0.25) is 0 Å². The molecule has 41 heavy (non-hydrogen) atoms. The highest BCUT2D eigenvalue weighted by atomic mass is 16.7. The molecule has 0 radical (unpaired) electrons. The molecule has 12 heteroatoms. The van der Waals surface area contributed by atoms with Gasteiger partial charge in [-0.1, -0.05) is 0 Å². The van der Waals surface area contributed by atoms with Crippen LogP contribution in [0.3, 0.4) is 0 Å². The summed E-state index contributed by atoms with van der Waals surface area (Å²) in [6.45, 7) is 9.32. The molecular formula is C29H52O12.